The van der Waals surface area contributed by atoms with Crippen LogP contribution in [0, 0.1) is 0 Å². The quantitative estimate of drug-likeness (QED) is 0.174. The van der Waals surface area contributed by atoms with E-state index < -0.39 is 7.14 Å². The molecular formula is C29H36ClN6O4P. The highest BCUT2D eigenvalue weighted by atomic mass is 35.5. The number of nitrogens with zero attached hydrogens (tertiary/aromatic N) is 3. The summed E-state index contributed by atoms with van der Waals surface area (Å²) in [5, 5.41) is 9.95. The number of rotatable bonds is 12. The lowest BCUT2D eigenvalue weighted by atomic mass is 10.1. The number of nitrogens with one attached hydrogen (secondary N) is 3. The standard InChI is InChI=1S/C29H36ClN6O4P/c1-5-26(37)32-20-12-13-22(25(18-20)39-2)34-29-31-19-21(30)28(35-29)33-23-10-9-11-24(27(23)41(3,4)38)40-17-16-36-14-7-6-8-15-36/h5,9-13,18-19H,1,6-8,14-17H2,2-4H3,(H,32,37)(H2,31,33,34,35). The number of amides is 1. The molecule has 41 heavy (non-hydrogen) atoms. The van der Waals surface area contributed by atoms with Crippen molar-refractivity contribution in [3.05, 3.63) is 60.3 Å². The van der Waals surface area contributed by atoms with Crippen LogP contribution >= 0.6 is 18.7 Å². The van der Waals surface area contributed by atoms with Crippen LogP contribution in [-0.4, -0.2) is 67.5 Å². The number of aromatic nitrogens is 2. The molecule has 2 aromatic carbocycles. The molecule has 10 nitrogen and oxygen atoms in total. The van der Waals surface area contributed by atoms with Crippen molar-refractivity contribution < 1.29 is 18.8 Å². The molecular weight excluding hydrogens is 563 g/mol. The summed E-state index contributed by atoms with van der Waals surface area (Å²) in [5.41, 5.74) is 1.72. The third-order valence-corrected chi connectivity index (χ3v) is 8.36. The van der Waals surface area contributed by atoms with E-state index in [1.165, 1.54) is 38.6 Å². The number of carbonyl (C=O) groups excluding carboxylic acids is 1. The summed E-state index contributed by atoms with van der Waals surface area (Å²) in [6, 6.07) is 10.6. The van der Waals surface area contributed by atoms with E-state index in [4.69, 9.17) is 21.1 Å². The van der Waals surface area contributed by atoms with Crippen LogP contribution in [0.1, 0.15) is 19.3 Å². The molecule has 0 bridgehead atoms. The molecule has 12 heteroatoms. The van der Waals surface area contributed by atoms with Crippen molar-refractivity contribution in [1.82, 2.24) is 14.9 Å². The fourth-order valence-corrected chi connectivity index (χ4v) is 6.11. The number of benzene rings is 2. The van der Waals surface area contributed by atoms with Gasteiger partial charge >= 0.3 is 0 Å². The molecule has 3 N–H and O–H groups in total. The van der Waals surface area contributed by atoms with Crippen molar-refractivity contribution in [2.45, 2.75) is 19.3 Å². The third kappa shape index (κ3) is 8.22. The molecule has 218 valence electrons. The van der Waals surface area contributed by atoms with Crippen molar-refractivity contribution >= 4 is 58.8 Å². The van der Waals surface area contributed by atoms with E-state index in [0.29, 0.717) is 46.3 Å². The minimum atomic E-state index is -2.77. The van der Waals surface area contributed by atoms with Crippen molar-refractivity contribution in [3.8, 4) is 11.5 Å². The molecule has 0 spiro atoms. The van der Waals surface area contributed by atoms with Crippen LogP contribution in [0.5, 0.6) is 11.5 Å². The van der Waals surface area contributed by atoms with Gasteiger partial charge in [-0.1, -0.05) is 30.7 Å². The zero-order valence-electron chi connectivity index (χ0n) is 23.6. The number of carbonyl (C=O) groups is 1. The lowest BCUT2D eigenvalue weighted by Crippen LogP contribution is -2.33. The van der Waals surface area contributed by atoms with Gasteiger partial charge in [0.25, 0.3) is 0 Å². The summed E-state index contributed by atoms with van der Waals surface area (Å²) in [6.45, 7) is 10.4. The van der Waals surface area contributed by atoms with E-state index >= 15 is 0 Å². The highest BCUT2D eigenvalue weighted by Crippen LogP contribution is 2.43. The number of hydrogen-bond acceptors (Lipinski definition) is 9. The van der Waals surface area contributed by atoms with E-state index in [-0.39, 0.29) is 16.9 Å². The maximum absolute atomic E-state index is 13.4. The molecule has 4 rings (SSSR count). The number of halogens is 1. The zero-order chi connectivity index (χ0) is 29.4. The molecule has 0 atom stereocenters. The van der Waals surface area contributed by atoms with Gasteiger partial charge in [0, 0.05) is 18.3 Å². The monoisotopic (exact) mass is 598 g/mol. The molecule has 0 aliphatic carbocycles. The molecule has 1 aliphatic rings. The number of piperidine rings is 1. The van der Waals surface area contributed by atoms with Crippen LogP contribution in [0.3, 0.4) is 0 Å². The number of ether oxygens (including phenoxy) is 2. The second-order valence-electron chi connectivity index (χ2n) is 10.0. The normalized spacial score (nSPS) is 13.8. The Kier molecular flexibility index (Phi) is 10.3. The van der Waals surface area contributed by atoms with E-state index in [0.717, 1.165) is 19.6 Å². The Morgan fingerprint density at radius 1 is 1.12 bits per heavy atom. The Morgan fingerprint density at radius 3 is 2.61 bits per heavy atom. The summed E-state index contributed by atoms with van der Waals surface area (Å²) in [4.78, 5) is 22.9. The molecule has 0 radical (unpaired) electrons. The molecule has 1 amide bonds. The minimum absolute atomic E-state index is 0.254. The maximum Gasteiger partial charge on any atom is 0.247 e. The minimum Gasteiger partial charge on any atom is -0.494 e. The van der Waals surface area contributed by atoms with Crippen LogP contribution in [0.25, 0.3) is 0 Å². The van der Waals surface area contributed by atoms with E-state index in [2.05, 4.69) is 37.4 Å². The van der Waals surface area contributed by atoms with Crippen molar-refractivity contribution in [2.24, 2.45) is 0 Å². The first-order valence-corrected chi connectivity index (χ1v) is 16.4. The van der Waals surface area contributed by atoms with Crippen LogP contribution < -0.4 is 30.7 Å². The number of anilines is 5. The van der Waals surface area contributed by atoms with E-state index in [1.807, 2.05) is 18.2 Å². The van der Waals surface area contributed by atoms with Gasteiger partial charge in [0.1, 0.15) is 30.3 Å². The highest BCUT2D eigenvalue weighted by Gasteiger charge is 2.23. The summed E-state index contributed by atoms with van der Waals surface area (Å²) >= 11 is 6.47. The van der Waals surface area contributed by atoms with Crippen LogP contribution in [0.4, 0.5) is 28.8 Å². The molecule has 1 saturated heterocycles. The molecule has 0 saturated carbocycles. The van der Waals surface area contributed by atoms with Crippen LogP contribution in [0.2, 0.25) is 5.02 Å². The highest BCUT2D eigenvalue weighted by molar-refractivity contribution is 7.70. The first-order chi connectivity index (χ1) is 19.7. The van der Waals surface area contributed by atoms with Gasteiger partial charge in [-0.15, -0.1) is 0 Å². The summed E-state index contributed by atoms with van der Waals surface area (Å²) < 4.78 is 25.1. The molecule has 2 heterocycles. The zero-order valence-corrected chi connectivity index (χ0v) is 25.2. The Hall–Kier alpha value is -3.59. The second-order valence-corrected chi connectivity index (χ2v) is 13.6. The number of likely N-dealkylation sites (tertiary alicyclic amines) is 1. The lowest BCUT2D eigenvalue weighted by Gasteiger charge is -2.26. The first kappa shape index (κ1) is 30.4. The third-order valence-electron chi connectivity index (χ3n) is 6.55. The fraction of sp³-hybridized carbons (Fsp3) is 0.345. The predicted molar refractivity (Wildman–Crippen MR) is 167 cm³/mol. The smallest absolute Gasteiger partial charge is 0.247 e. The molecule has 3 aromatic rings. The molecule has 1 aromatic heterocycles. The second kappa shape index (κ2) is 13.9. The van der Waals surface area contributed by atoms with Gasteiger partial charge in [0.2, 0.25) is 11.9 Å². The average molecular weight is 599 g/mol. The molecule has 0 unspecified atom stereocenters. The van der Waals surface area contributed by atoms with Gasteiger partial charge in [0.15, 0.2) is 5.82 Å². The van der Waals surface area contributed by atoms with E-state index in [9.17, 15) is 9.36 Å². The van der Waals surface area contributed by atoms with E-state index in [1.54, 1.807) is 31.5 Å². The first-order valence-electron chi connectivity index (χ1n) is 13.4. The fourth-order valence-electron chi connectivity index (χ4n) is 4.59. The van der Waals surface area contributed by atoms with Crippen molar-refractivity contribution in [3.63, 3.8) is 0 Å². The summed E-state index contributed by atoms with van der Waals surface area (Å²) in [7, 11) is -1.25. The number of hydrogen-bond donors (Lipinski definition) is 3. The topological polar surface area (TPSA) is 118 Å². The van der Waals surface area contributed by atoms with Gasteiger partial charge in [-0.2, -0.15) is 4.98 Å². The maximum atomic E-state index is 13.4. The Bertz CT molecular complexity index is 1440. The Morgan fingerprint density at radius 2 is 1.90 bits per heavy atom. The Labute approximate surface area is 245 Å². The molecule has 1 aliphatic heterocycles. The summed E-state index contributed by atoms with van der Waals surface area (Å²) in [6.07, 6.45) is 6.37. The van der Waals surface area contributed by atoms with Crippen LogP contribution in [0.15, 0.2) is 55.3 Å². The largest absolute Gasteiger partial charge is 0.494 e. The van der Waals surface area contributed by atoms with Crippen molar-refractivity contribution in [1.29, 1.82) is 0 Å². The number of methoxy groups -OCH3 is 1. The predicted octanol–water partition coefficient (Wildman–Crippen LogP) is 5.86. The van der Waals surface area contributed by atoms with Gasteiger partial charge in [-0.25, -0.2) is 4.98 Å². The Balaban J connectivity index is 1.55. The summed E-state index contributed by atoms with van der Waals surface area (Å²) in [5.74, 6) is 1.30. The molecule has 1 fully saturated rings. The SMILES string of the molecule is C=CC(=O)Nc1ccc(Nc2ncc(Cl)c(Nc3cccc(OCCN4CCCCC4)c3P(C)(C)=O)n2)c(OC)c1. The van der Waals surface area contributed by atoms with Gasteiger partial charge < -0.3 is 30.0 Å². The van der Waals surface area contributed by atoms with Gasteiger partial charge in [-0.3, -0.25) is 9.69 Å². The van der Waals surface area contributed by atoms with Crippen molar-refractivity contribution in [2.75, 3.05) is 62.6 Å². The average Bonchev–Trinajstić information content (AvgIpc) is 2.95. The lowest BCUT2D eigenvalue weighted by molar-refractivity contribution is -0.111. The van der Waals surface area contributed by atoms with Gasteiger partial charge in [0.05, 0.1) is 30.0 Å². The van der Waals surface area contributed by atoms with Gasteiger partial charge in [-0.05, 0) is 69.6 Å². The van der Waals surface area contributed by atoms with Crippen LogP contribution in [-0.2, 0) is 9.36 Å².